The number of aliphatic hydroxyl groups is 1. The Balaban J connectivity index is 1.77. The molecule has 1 saturated heterocycles. The maximum atomic E-state index is 12.1. The van der Waals surface area contributed by atoms with Crippen LogP contribution in [0.5, 0.6) is 0 Å². The Morgan fingerprint density at radius 3 is 2.31 bits per heavy atom. The van der Waals surface area contributed by atoms with E-state index in [9.17, 15) is 4.79 Å². The van der Waals surface area contributed by atoms with Crippen molar-refractivity contribution in [3.05, 3.63) is 0 Å². The second-order valence-corrected chi connectivity index (χ2v) is 5.26. The van der Waals surface area contributed by atoms with E-state index in [0.29, 0.717) is 18.4 Å². The van der Waals surface area contributed by atoms with E-state index in [2.05, 4.69) is 4.90 Å². The SMILES string of the molecule is O=C(C1CCC(CCO)CC1)N1CCCC1. The molecule has 0 aromatic heterocycles. The largest absolute Gasteiger partial charge is 0.396 e. The molecule has 1 N–H and O–H groups in total. The molecule has 2 fully saturated rings. The molecule has 0 bridgehead atoms. The van der Waals surface area contributed by atoms with Crippen molar-refractivity contribution in [3.8, 4) is 0 Å². The number of hydrogen-bond donors (Lipinski definition) is 1. The summed E-state index contributed by atoms with van der Waals surface area (Å²) in [4.78, 5) is 14.2. The third-order valence-corrected chi connectivity index (χ3v) is 4.15. The zero-order chi connectivity index (χ0) is 11.4. The molecule has 3 heteroatoms. The summed E-state index contributed by atoms with van der Waals surface area (Å²) in [5, 5.41) is 8.89. The Hall–Kier alpha value is -0.570. The van der Waals surface area contributed by atoms with Gasteiger partial charge in [-0.1, -0.05) is 0 Å². The number of carbonyl (C=O) groups is 1. The fraction of sp³-hybridized carbons (Fsp3) is 0.923. The fourth-order valence-corrected chi connectivity index (χ4v) is 3.08. The van der Waals surface area contributed by atoms with Crippen molar-refractivity contribution in [1.82, 2.24) is 4.90 Å². The Morgan fingerprint density at radius 1 is 1.12 bits per heavy atom. The van der Waals surface area contributed by atoms with Crippen LogP contribution >= 0.6 is 0 Å². The van der Waals surface area contributed by atoms with Crippen LogP contribution < -0.4 is 0 Å². The van der Waals surface area contributed by atoms with Crippen molar-refractivity contribution in [3.63, 3.8) is 0 Å². The lowest BCUT2D eigenvalue weighted by molar-refractivity contribution is -0.135. The Labute approximate surface area is 97.8 Å². The summed E-state index contributed by atoms with van der Waals surface area (Å²) >= 11 is 0. The minimum atomic E-state index is 0.285. The van der Waals surface area contributed by atoms with Crippen molar-refractivity contribution in [2.24, 2.45) is 11.8 Å². The van der Waals surface area contributed by atoms with Gasteiger partial charge in [0.2, 0.25) is 5.91 Å². The van der Waals surface area contributed by atoms with E-state index < -0.39 is 0 Å². The van der Waals surface area contributed by atoms with Gasteiger partial charge in [0.05, 0.1) is 0 Å². The van der Waals surface area contributed by atoms with Crippen LogP contribution in [0, 0.1) is 11.8 Å². The minimum Gasteiger partial charge on any atom is -0.396 e. The van der Waals surface area contributed by atoms with Gasteiger partial charge in [0.15, 0.2) is 0 Å². The molecule has 0 aromatic carbocycles. The standard InChI is InChI=1S/C13H23NO2/c15-10-7-11-3-5-12(6-4-11)13(16)14-8-1-2-9-14/h11-12,15H,1-10H2. The fourth-order valence-electron chi connectivity index (χ4n) is 3.08. The molecule has 2 aliphatic rings. The summed E-state index contributed by atoms with van der Waals surface area (Å²) in [7, 11) is 0. The molecule has 0 spiro atoms. The van der Waals surface area contributed by atoms with E-state index in [-0.39, 0.29) is 5.92 Å². The van der Waals surface area contributed by atoms with E-state index in [1.54, 1.807) is 0 Å². The van der Waals surface area contributed by atoms with Crippen LogP contribution in [0.2, 0.25) is 0 Å². The van der Waals surface area contributed by atoms with E-state index in [1.165, 1.54) is 12.8 Å². The molecule has 0 radical (unpaired) electrons. The van der Waals surface area contributed by atoms with E-state index in [4.69, 9.17) is 5.11 Å². The van der Waals surface area contributed by atoms with Gasteiger partial charge in [-0.3, -0.25) is 4.79 Å². The van der Waals surface area contributed by atoms with Crippen molar-refractivity contribution < 1.29 is 9.90 Å². The molecule has 1 aliphatic carbocycles. The van der Waals surface area contributed by atoms with E-state index in [1.807, 2.05) is 0 Å². The monoisotopic (exact) mass is 225 g/mol. The number of likely N-dealkylation sites (tertiary alicyclic amines) is 1. The average Bonchev–Trinajstić information content (AvgIpc) is 2.83. The lowest BCUT2D eigenvalue weighted by atomic mass is 9.80. The second-order valence-electron chi connectivity index (χ2n) is 5.26. The van der Waals surface area contributed by atoms with E-state index in [0.717, 1.165) is 45.2 Å². The number of nitrogens with zero attached hydrogens (tertiary/aromatic N) is 1. The highest BCUT2D eigenvalue weighted by molar-refractivity contribution is 5.79. The number of aliphatic hydroxyl groups excluding tert-OH is 1. The molecule has 1 amide bonds. The first-order chi connectivity index (χ1) is 7.81. The number of rotatable bonds is 3. The van der Waals surface area contributed by atoms with Gasteiger partial charge in [0.1, 0.15) is 0 Å². The number of carbonyl (C=O) groups excluding carboxylic acids is 1. The third-order valence-electron chi connectivity index (χ3n) is 4.15. The van der Waals surface area contributed by atoms with Crippen LogP contribution in [-0.4, -0.2) is 35.6 Å². The van der Waals surface area contributed by atoms with Crippen LogP contribution in [-0.2, 0) is 4.79 Å². The molecular weight excluding hydrogens is 202 g/mol. The van der Waals surface area contributed by atoms with Crippen LogP contribution in [0.1, 0.15) is 44.9 Å². The normalized spacial score (nSPS) is 30.7. The first-order valence-electron chi connectivity index (χ1n) is 6.71. The molecule has 1 aliphatic heterocycles. The molecule has 16 heavy (non-hydrogen) atoms. The predicted molar refractivity (Wildman–Crippen MR) is 63.0 cm³/mol. The van der Waals surface area contributed by atoms with Gasteiger partial charge in [0, 0.05) is 25.6 Å². The molecule has 2 rings (SSSR count). The summed E-state index contributed by atoms with van der Waals surface area (Å²) < 4.78 is 0. The molecule has 0 aromatic rings. The van der Waals surface area contributed by atoms with Crippen molar-refractivity contribution >= 4 is 5.91 Å². The van der Waals surface area contributed by atoms with Crippen LogP contribution in [0.25, 0.3) is 0 Å². The number of amides is 1. The van der Waals surface area contributed by atoms with Crippen molar-refractivity contribution in [2.75, 3.05) is 19.7 Å². The smallest absolute Gasteiger partial charge is 0.225 e. The van der Waals surface area contributed by atoms with Crippen LogP contribution in [0.15, 0.2) is 0 Å². The van der Waals surface area contributed by atoms with Gasteiger partial charge in [-0.2, -0.15) is 0 Å². The molecule has 1 heterocycles. The first-order valence-corrected chi connectivity index (χ1v) is 6.71. The summed E-state index contributed by atoms with van der Waals surface area (Å²) in [6.07, 6.45) is 7.64. The first kappa shape index (κ1) is 11.9. The molecule has 0 atom stereocenters. The Morgan fingerprint density at radius 2 is 1.75 bits per heavy atom. The van der Waals surface area contributed by atoms with Crippen LogP contribution in [0.3, 0.4) is 0 Å². The van der Waals surface area contributed by atoms with Gasteiger partial charge in [-0.05, 0) is 50.9 Å². The van der Waals surface area contributed by atoms with Gasteiger partial charge in [0.25, 0.3) is 0 Å². The van der Waals surface area contributed by atoms with Gasteiger partial charge in [-0.25, -0.2) is 0 Å². The highest BCUT2D eigenvalue weighted by Crippen LogP contribution is 2.32. The minimum absolute atomic E-state index is 0.285. The topological polar surface area (TPSA) is 40.5 Å². The predicted octanol–water partition coefficient (Wildman–Crippen LogP) is 1.80. The zero-order valence-electron chi connectivity index (χ0n) is 10.0. The molecule has 92 valence electrons. The van der Waals surface area contributed by atoms with Crippen molar-refractivity contribution in [2.45, 2.75) is 44.9 Å². The number of hydrogen-bond acceptors (Lipinski definition) is 2. The van der Waals surface area contributed by atoms with Gasteiger partial charge < -0.3 is 10.0 Å². The zero-order valence-corrected chi connectivity index (χ0v) is 10.0. The lowest BCUT2D eigenvalue weighted by Gasteiger charge is -2.30. The summed E-state index contributed by atoms with van der Waals surface area (Å²) in [5.41, 5.74) is 0. The maximum absolute atomic E-state index is 12.1. The van der Waals surface area contributed by atoms with E-state index >= 15 is 0 Å². The maximum Gasteiger partial charge on any atom is 0.225 e. The van der Waals surface area contributed by atoms with Gasteiger partial charge >= 0.3 is 0 Å². The second kappa shape index (κ2) is 5.67. The molecule has 3 nitrogen and oxygen atoms in total. The molecular formula is C13H23NO2. The molecule has 1 saturated carbocycles. The Bertz CT molecular complexity index is 228. The van der Waals surface area contributed by atoms with Gasteiger partial charge in [-0.15, -0.1) is 0 Å². The Kier molecular flexibility index (Phi) is 4.22. The summed E-state index contributed by atoms with van der Waals surface area (Å²) in [6, 6.07) is 0. The van der Waals surface area contributed by atoms with Crippen molar-refractivity contribution in [1.29, 1.82) is 0 Å². The van der Waals surface area contributed by atoms with Crippen LogP contribution in [0.4, 0.5) is 0 Å². The lowest BCUT2D eigenvalue weighted by Crippen LogP contribution is -2.35. The summed E-state index contributed by atoms with van der Waals surface area (Å²) in [6.45, 7) is 2.26. The summed E-state index contributed by atoms with van der Waals surface area (Å²) in [5.74, 6) is 1.35. The highest BCUT2D eigenvalue weighted by atomic mass is 16.3. The third kappa shape index (κ3) is 2.76. The highest BCUT2D eigenvalue weighted by Gasteiger charge is 2.30. The average molecular weight is 225 g/mol. The quantitative estimate of drug-likeness (QED) is 0.795. The molecule has 0 unspecified atom stereocenters.